The summed E-state index contributed by atoms with van der Waals surface area (Å²) < 4.78 is 46.2. The molecular weight excluding hydrogens is 883 g/mol. The van der Waals surface area contributed by atoms with Gasteiger partial charge in [-0.05, 0) is 72.7 Å². The number of phenolic OH excluding ortho intramolecular Hbond substituents is 1. The molecule has 0 radical (unpaired) electrons. The summed E-state index contributed by atoms with van der Waals surface area (Å²) in [6.07, 6.45) is 0.176. The number of unbranched alkanes of at least 4 members (excludes halogenated alkanes) is 1. The number of ether oxygens (including phenoxy) is 1. The average molecular weight is 931 g/mol. The zero-order valence-electron chi connectivity index (χ0n) is 33.2. The van der Waals surface area contributed by atoms with Crippen molar-refractivity contribution in [2.75, 3.05) is 13.7 Å². The third-order valence-corrected chi connectivity index (χ3v) is 11.4. The van der Waals surface area contributed by atoms with Crippen molar-refractivity contribution in [1.29, 1.82) is 0 Å². The second-order valence-electron chi connectivity index (χ2n) is 14.2. The first-order valence-corrected chi connectivity index (χ1v) is 21.4. The molecule has 15 nitrogen and oxygen atoms in total. The summed E-state index contributed by atoms with van der Waals surface area (Å²) in [5.74, 6) is -3.52. The first-order valence-electron chi connectivity index (χ1n) is 19.0. The molecule has 4 aromatic carbocycles. The Balaban J connectivity index is 1.53. The molecule has 5 amide bonds. The number of halogens is 3. The molecule has 0 spiro atoms. The maximum absolute atomic E-state index is 14.4. The molecular formula is C42H47BrF2N5O10P. The highest BCUT2D eigenvalue weighted by molar-refractivity contribution is 9.10. The fourth-order valence-electron chi connectivity index (χ4n) is 6.12. The number of primary amides is 1. The van der Waals surface area contributed by atoms with Gasteiger partial charge in [0.1, 0.15) is 18.1 Å². The molecule has 4 aromatic rings. The fraction of sp³-hybridized carbons (Fsp3) is 0.310. The van der Waals surface area contributed by atoms with Gasteiger partial charge >= 0.3 is 13.3 Å². The first kappa shape index (κ1) is 48.0. The van der Waals surface area contributed by atoms with Gasteiger partial charge in [0.25, 0.3) is 5.91 Å². The van der Waals surface area contributed by atoms with E-state index >= 15 is 0 Å². The number of rotatable bonds is 21. The molecule has 0 fully saturated rings. The van der Waals surface area contributed by atoms with Crippen LogP contribution in [-0.2, 0) is 48.7 Å². The highest BCUT2D eigenvalue weighted by Gasteiger charge is 2.50. The van der Waals surface area contributed by atoms with E-state index in [0.29, 0.717) is 29.5 Å². The van der Waals surface area contributed by atoms with Gasteiger partial charge in [0, 0.05) is 35.0 Å². The van der Waals surface area contributed by atoms with Crippen molar-refractivity contribution in [3.05, 3.63) is 129 Å². The minimum Gasteiger partial charge on any atom is -0.504 e. The predicted molar refractivity (Wildman–Crippen MR) is 225 cm³/mol. The zero-order chi connectivity index (χ0) is 44.9. The number of alkyl halides is 2. The van der Waals surface area contributed by atoms with Gasteiger partial charge in [-0.2, -0.15) is 8.78 Å². The Morgan fingerprint density at radius 2 is 1.39 bits per heavy atom. The summed E-state index contributed by atoms with van der Waals surface area (Å²) in [7, 11) is -4.54. The lowest BCUT2D eigenvalue weighted by Gasteiger charge is -2.25. The number of hydrogen-bond donors (Lipinski definition) is 8. The van der Waals surface area contributed by atoms with Gasteiger partial charge in [-0.3, -0.25) is 28.5 Å². The number of aryl methyl sites for hydroxylation is 1. The standard InChI is InChI=1S/C42H47BrF2N5O10P/c1-25-11-15-29(24-31(25)43)39(54)47-19-7-6-10-32(38(46)53)49-41(56)34(21-27-12-16-30(17-13-27)42(44,45)61(57,58)59)50-40(55)33(20-26-8-4-3-5-9-26)48-37(52)23-28-14-18-35(51)36(22-28)60-2/h3-5,8-9,11-18,22,24,32-34,51H,6-7,10,19-21,23H2,1-2H3,(H2,46,53)(H,47,54)(H,48,52)(H,49,56)(H,50,55)(H2,57,58,59)/t32-,33?,34?/m0/s1. The molecule has 326 valence electrons. The zero-order valence-corrected chi connectivity index (χ0v) is 35.7. The molecule has 4 rings (SSSR count). The summed E-state index contributed by atoms with van der Waals surface area (Å²) >= 11 is 3.40. The SMILES string of the molecule is COc1cc(CC(=O)NC(Cc2ccccc2)C(=O)NC(Cc2ccc(C(F)(F)P(=O)(O)O)cc2)C(=O)N[C@@H](CCCCNC(=O)c2ccc(C)c(Br)c2)C(N)=O)ccc1O. The van der Waals surface area contributed by atoms with Crippen molar-refractivity contribution >= 4 is 53.1 Å². The number of phenols is 1. The third-order valence-electron chi connectivity index (χ3n) is 9.58. The van der Waals surface area contributed by atoms with Crippen LogP contribution in [-0.4, -0.2) is 76.2 Å². The van der Waals surface area contributed by atoms with Crippen LogP contribution in [0.15, 0.2) is 95.5 Å². The Morgan fingerprint density at radius 3 is 1.98 bits per heavy atom. The number of methoxy groups -OCH3 is 1. The van der Waals surface area contributed by atoms with Gasteiger partial charge < -0.3 is 46.6 Å². The molecule has 0 bridgehead atoms. The van der Waals surface area contributed by atoms with Crippen LogP contribution in [0.5, 0.6) is 11.5 Å². The van der Waals surface area contributed by atoms with Crippen molar-refractivity contribution in [3.63, 3.8) is 0 Å². The molecule has 3 atom stereocenters. The number of amides is 5. The third kappa shape index (κ3) is 13.9. The van der Waals surface area contributed by atoms with Crippen LogP contribution in [0.3, 0.4) is 0 Å². The van der Waals surface area contributed by atoms with Gasteiger partial charge in [0.2, 0.25) is 23.6 Å². The molecule has 0 aliphatic carbocycles. The maximum Gasteiger partial charge on any atom is 0.399 e. The molecule has 2 unspecified atom stereocenters. The quantitative estimate of drug-likeness (QED) is 0.0436. The molecule has 0 aliphatic rings. The Kier molecular flexibility index (Phi) is 17.1. The highest BCUT2D eigenvalue weighted by Crippen LogP contribution is 2.59. The second-order valence-corrected chi connectivity index (χ2v) is 16.7. The molecule has 0 aromatic heterocycles. The van der Waals surface area contributed by atoms with Crippen LogP contribution in [0.4, 0.5) is 8.78 Å². The normalized spacial score (nSPS) is 13.0. The summed E-state index contributed by atoms with van der Waals surface area (Å²) in [5.41, 5.74) is 2.86. The molecule has 0 heterocycles. The number of benzene rings is 4. The van der Waals surface area contributed by atoms with Crippen molar-refractivity contribution in [1.82, 2.24) is 21.3 Å². The van der Waals surface area contributed by atoms with Crippen LogP contribution in [0.1, 0.15) is 57.4 Å². The van der Waals surface area contributed by atoms with Gasteiger partial charge in [-0.15, -0.1) is 0 Å². The van der Waals surface area contributed by atoms with Crippen molar-refractivity contribution in [3.8, 4) is 11.5 Å². The highest BCUT2D eigenvalue weighted by atomic mass is 79.9. The molecule has 0 saturated carbocycles. The molecule has 9 N–H and O–H groups in total. The molecule has 0 saturated heterocycles. The average Bonchev–Trinajstić information content (AvgIpc) is 3.21. The van der Waals surface area contributed by atoms with Crippen LogP contribution in [0.2, 0.25) is 0 Å². The van der Waals surface area contributed by atoms with Gasteiger partial charge in [0.05, 0.1) is 13.5 Å². The topological polar surface area (TPSA) is 246 Å². The van der Waals surface area contributed by atoms with E-state index in [1.165, 1.54) is 25.3 Å². The Morgan fingerprint density at radius 1 is 0.803 bits per heavy atom. The lowest BCUT2D eigenvalue weighted by Crippen LogP contribution is -2.57. The number of nitrogens with one attached hydrogen (secondary N) is 4. The Bertz CT molecular complexity index is 2250. The van der Waals surface area contributed by atoms with Crippen LogP contribution in [0.25, 0.3) is 0 Å². The Labute approximate surface area is 359 Å². The number of aromatic hydroxyl groups is 1. The van der Waals surface area contributed by atoms with E-state index in [0.717, 1.165) is 34.3 Å². The molecule has 61 heavy (non-hydrogen) atoms. The molecule has 19 heteroatoms. The maximum atomic E-state index is 14.4. The number of carbonyl (C=O) groups is 5. The summed E-state index contributed by atoms with van der Waals surface area (Å²) in [5, 5.41) is 20.6. The predicted octanol–water partition coefficient (Wildman–Crippen LogP) is 4.27. The van der Waals surface area contributed by atoms with Gasteiger partial charge in [0.15, 0.2) is 11.5 Å². The van der Waals surface area contributed by atoms with Gasteiger partial charge in [-0.25, -0.2) is 0 Å². The Hall–Kier alpha value is -5.68. The first-order chi connectivity index (χ1) is 28.8. The number of nitrogens with two attached hydrogens (primary N) is 1. The van der Waals surface area contributed by atoms with E-state index < -0.39 is 60.6 Å². The number of hydrogen-bond acceptors (Lipinski definition) is 8. The second kappa shape index (κ2) is 21.7. The molecule has 0 aliphatic heterocycles. The number of carbonyl (C=O) groups excluding carboxylic acids is 5. The minimum absolute atomic E-state index is 0.0283. The van der Waals surface area contributed by atoms with Gasteiger partial charge in [-0.1, -0.05) is 82.7 Å². The summed E-state index contributed by atoms with van der Waals surface area (Å²) in [6, 6.07) is 17.9. The minimum atomic E-state index is -5.88. The smallest absolute Gasteiger partial charge is 0.399 e. The van der Waals surface area contributed by atoms with Crippen LogP contribution < -0.4 is 31.7 Å². The summed E-state index contributed by atoms with van der Waals surface area (Å²) in [4.78, 5) is 84.9. The summed E-state index contributed by atoms with van der Waals surface area (Å²) in [6.45, 7) is 2.13. The lowest BCUT2D eigenvalue weighted by molar-refractivity contribution is -0.133. The van der Waals surface area contributed by atoms with Crippen LogP contribution >= 0.6 is 23.5 Å². The largest absolute Gasteiger partial charge is 0.504 e. The van der Waals surface area contributed by atoms with Crippen molar-refractivity contribution in [2.45, 2.75) is 69.2 Å². The van der Waals surface area contributed by atoms with E-state index in [-0.39, 0.29) is 55.2 Å². The van der Waals surface area contributed by atoms with E-state index in [4.69, 9.17) is 10.5 Å². The van der Waals surface area contributed by atoms with E-state index in [2.05, 4.69) is 37.2 Å². The van der Waals surface area contributed by atoms with E-state index in [9.17, 15) is 52.2 Å². The lowest BCUT2D eigenvalue weighted by atomic mass is 10.0. The van der Waals surface area contributed by atoms with E-state index in [1.54, 1.807) is 48.5 Å². The van der Waals surface area contributed by atoms with E-state index in [1.807, 2.05) is 6.92 Å². The monoisotopic (exact) mass is 929 g/mol. The van der Waals surface area contributed by atoms with Crippen LogP contribution in [0, 0.1) is 6.92 Å². The van der Waals surface area contributed by atoms with Crippen molar-refractivity contribution < 1.29 is 56.9 Å². The van der Waals surface area contributed by atoms with Crippen molar-refractivity contribution in [2.24, 2.45) is 5.73 Å². The fourth-order valence-corrected chi connectivity index (χ4v) is 6.98.